The lowest BCUT2D eigenvalue weighted by molar-refractivity contribution is -0.149. The molecule has 1 fully saturated rings. The number of rotatable bonds is 6. The Labute approximate surface area is 166 Å². The van der Waals surface area contributed by atoms with Crippen molar-refractivity contribution in [1.82, 2.24) is 14.7 Å². The number of likely N-dealkylation sites (tertiary alicyclic amines) is 1. The summed E-state index contributed by atoms with van der Waals surface area (Å²) in [6, 6.07) is 8.04. The number of amides is 1. The molecule has 2 heterocycles. The van der Waals surface area contributed by atoms with Crippen LogP contribution in [0.15, 0.2) is 30.5 Å². The highest BCUT2D eigenvalue weighted by Gasteiger charge is 2.31. The van der Waals surface area contributed by atoms with E-state index in [0.29, 0.717) is 25.3 Å². The molecule has 1 aromatic heterocycles. The fourth-order valence-corrected chi connectivity index (χ4v) is 3.82. The lowest BCUT2D eigenvalue weighted by Gasteiger charge is -2.31. The molecule has 2 aromatic rings. The molecule has 6 heteroatoms. The monoisotopic (exact) mass is 383 g/mol. The maximum absolute atomic E-state index is 13.3. The van der Waals surface area contributed by atoms with Crippen LogP contribution >= 0.6 is 0 Å². The molecule has 0 N–H and O–H groups in total. The SMILES string of the molecule is CCCc1c(C(=O)N2CCC[C@H](C(=O)OCC)C2)cnn1-c1ccccc1C. The van der Waals surface area contributed by atoms with Crippen LogP contribution in [0.3, 0.4) is 0 Å². The Morgan fingerprint density at radius 3 is 2.75 bits per heavy atom. The number of aromatic nitrogens is 2. The zero-order valence-corrected chi connectivity index (χ0v) is 17.0. The first kappa shape index (κ1) is 20.1. The predicted octanol–water partition coefficient (Wildman–Crippen LogP) is 3.55. The predicted molar refractivity (Wildman–Crippen MR) is 108 cm³/mol. The zero-order valence-electron chi connectivity index (χ0n) is 17.0. The molecule has 1 aliphatic rings. The Bertz CT molecular complexity index is 843. The van der Waals surface area contributed by atoms with Crippen molar-refractivity contribution in [3.63, 3.8) is 0 Å². The normalized spacial score (nSPS) is 16.8. The maximum Gasteiger partial charge on any atom is 0.310 e. The molecule has 150 valence electrons. The number of hydrogen-bond acceptors (Lipinski definition) is 4. The van der Waals surface area contributed by atoms with E-state index in [2.05, 4.69) is 12.0 Å². The highest BCUT2D eigenvalue weighted by atomic mass is 16.5. The van der Waals surface area contributed by atoms with Gasteiger partial charge in [0, 0.05) is 13.1 Å². The molecule has 6 nitrogen and oxygen atoms in total. The molecule has 1 aliphatic heterocycles. The minimum atomic E-state index is -0.237. The lowest BCUT2D eigenvalue weighted by Crippen LogP contribution is -2.43. The number of carbonyl (C=O) groups is 2. The third kappa shape index (κ3) is 4.11. The van der Waals surface area contributed by atoms with E-state index in [4.69, 9.17) is 4.74 Å². The van der Waals surface area contributed by atoms with Crippen LogP contribution in [0, 0.1) is 12.8 Å². The second-order valence-corrected chi connectivity index (χ2v) is 7.30. The van der Waals surface area contributed by atoms with E-state index in [1.165, 1.54) is 0 Å². The van der Waals surface area contributed by atoms with E-state index in [0.717, 1.165) is 42.6 Å². The number of nitrogens with zero attached hydrogens (tertiary/aromatic N) is 3. The first-order chi connectivity index (χ1) is 13.6. The molecule has 0 saturated carbocycles. The molecule has 1 aromatic carbocycles. The summed E-state index contributed by atoms with van der Waals surface area (Å²) in [6.45, 7) is 7.40. The second-order valence-electron chi connectivity index (χ2n) is 7.30. The van der Waals surface area contributed by atoms with Crippen molar-refractivity contribution in [3.05, 3.63) is 47.3 Å². The summed E-state index contributed by atoms with van der Waals surface area (Å²) in [6.07, 6.45) is 4.94. The summed E-state index contributed by atoms with van der Waals surface area (Å²) >= 11 is 0. The Morgan fingerprint density at radius 2 is 2.04 bits per heavy atom. The van der Waals surface area contributed by atoms with E-state index in [9.17, 15) is 9.59 Å². The molecule has 0 unspecified atom stereocenters. The third-order valence-electron chi connectivity index (χ3n) is 5.26. The van der Waals surface area contributed by atoms with Gasteiger partial charge < -0.3 is 9.64 Å². The number of ether oxygens (including phenoxy) is 1. The number of benzene rings is 1. The van der Waals surface area contributed by atoms with Gasteiger partial charge in [-0.1, -0.05) is 31.5 Å². The van der Waals surface area contributed by atoms with Gasteiger partial charge in [-0.3, -0.25) is 9.59 Å². The Morgan fingerprint density at radius 1 is 1.25 bits per heavy atom. The fraction of sp³-hybridized carbons (Fsp3) is 0.500. The molecule has 0 radical (unpaired) electrons. The first-order valence-corrected chi connectivity index (χ1v) is 10.2. The molecule has 0 bridgehead atoms. The number of hydrogen-bond donors (Lipinski definition) is 0. The maximum atomic E-state index is 13.3. The second kappa shape index (κ2) is 9.04. The summed E-state index contributed by atoms with van der Waals surface area (Å²) in [5, 5.41) is 4.54. The van der Waals surface area contributed by atoms with Crippen molar-refractivity contribution in [3.8, 4) is 5.69 Å². The largest absolute Gasteiger partial charge is 0.466 e. The van der Waals surface area contributed by atoms with Crippen molar-refractivity contribution in [2.45, 2.75) is 46.5 Å². The number of piperidine rings is 1. The van der Waals surface area contributed by atoms with Crippen LogP contribution in [-0.4, -0.2) is 46.3 Å². The van der Waals surface area contributed by atoms with Crippen LogP contribution in [0.4, 0.5) is 0 Å². The standard InChI is InChI=1S/C22H29N3O3/c1-4-9-20-18(14-23-25(20)19-12-7-6-10-16(19)3)21(26)24-13-8-11-17(15-24)22(27)28-5-2/h6-7,10,12,14,17H,4-5,8-9,11,13,15H2,1-3H3/t17-/m0/s1. The van der Waals surface area contributed by atoms with E-state index in [1.807, 2.05) is 35.9 Å². The third-order valence-corrected chi connectivity index (χ3v) is 5.26. The quantitative estimate of drug-likeness (QED) is 0.716. The van der Waals surface area contributed by atoms with Crippen LogP contribution in [-0.2, 0) is 16.0 Å². The molecule has 1 amide bonds. The van der Waals surface area contributed by atoms with Crippen molar-refractivity contribution in [2.75, 3.05) is 19.7 Å². The molecular weight excluding hydrogens is 354 g/mol. The molecule has 1 atom stereocenters. The molecule has 0 aliphatic carbocycles. The highest BCUT2D eigenvalue weighted by molar-refractivity contribution is 5.95. The van der Waals surface area contributed by atoms with Crippen LogP contribution in [0.1, 0.15) is 54.7 Å². The van der Waals surface area contributed by atoms with Gasteiger partial charge in [0.15, 0.2) is 0 Å². The van der Waals surface area contributed by atoms with Gasteiger partial charge in [0.2, 0.25) is 0 Å². The minimum Gasteiger partial charge on any atom is -0.466 e. The first-order valence-electron chi connectivity index (χ1n) is 10.2. The summed E-state index contributed by atoms with van der Waals surface area (Å²) in [5.74, 6) is -0.486. The van der Waals surface area contributed by atoms with Crippen molar-refractivity contribution in [1.29, 1.82) is 0 Å². The Kier molecular flexibility index (Phi) is 6.49. The summed E-state index contributed by atoms with van der Waals surface area (Å²) in [7, 11) is 0. The fourth-order valence-electron chi connectivity index (χ4n) is 3.82. The number of esters is 1. The smallest absolute Gasteiger partial charge is 0.310 e. The topological polar surface area (TPSA) is 64.4 Å². The van der Waals surface area contributed by atoms with Gasteiger partial charge in [-0.05, 0) is 44.7 Å². The van der Waals surface area contributed by atoms with E-state index < -0.39 is 0 Å². The van der Waals surface area contributed by atoms with Gasteiger partial charge in [-0.2, -0.15) is 5.10 Å². The van der Waals surface area contributed by atoms with Crippen molar-refractivity contribution in [2.24, 2.45) is 5.92 Å². The molecule has 0 spiro atoms. The highest BCUT2D eigenvalue weighted by Crippen LogP contribution is 2.24. The summed E-state index contributed by atoms with van der Waals surface area (Å²) in [5.41, 5.74) is 3.67. The van der Waals surface area contributed by atoms with E-state index >= 15 is 0 Å². The van der Waals surface area contributed by atoms with Gasteiger partial charge >= 0.3 is 5.97 Å². The Balaban J connectivity index is 1.87. The van der Waals surface area contributed by atoms with Gasteiger partial charge in [-0.25, -0.2) is 4.68 Å². The number of carbonyl (C=O) groups excluding carboxylic acids is 2. The Hall–Kier alpha value is -2.63. The van der Waals surface area contributed by atoms with Crippen molar-refractivity contribution < 1.29 is 14.3 Å². The van der Waals surface area contributed by atoms with E-state index in [1.54, 1.807) is 18.0 Å². The average molecular weight is 383 g/mol. The van der Waals surface area contributed by atoms with Gasteiger partial charge in [-0.15, -0.1) is 0 Å². The molecular formula is C22H29N3O3. The summed E-state index contributed by atoms with van der Waals surface area (Å²) in [4.78, 5) is 27.2. The number of aryl methyl sites for hydroxylation is 1. The van der Waals surface area contributed by atoms with Crippen LogP contribution in [0.5, 0.6) is 0 Å². The van der Waals surface area contributed by atoms with E-state index in [-0.39, 0.29) is 17.8 Å². The van der Waals surface area contributed by atoms with Gasteiger partial charge in [0.1, 0.15) is 0 Å². The minimum absolute atomic E-state index is 0.0442. The van der Waals surface area contributed by atoms with Crippen LogP contribution in [0.25, 0.3) is 5.69 Å². The van der Waals surface area contributed by atoms with Gasteiger partial charge in [0.25, 0.3) is 5.91 Å². The lowest BCUT2D eigenvalue weighted by atomic mass is 9.97. The molecule has 28 heavy (non-hydrogen) atoms. The summed E-state index contributed by atoms with van der Waals surface area (Å²) < 4.78 is 7.05. The van der Waals surface area contributed by atoms with Crippen molar-refractivity contribution >= 4 is 11.9 Å². The molecule has 3 rings (SSSR count). The van der Waals surface area contributed by atoms with Crippen LogP contribution in [0.2, 0.25) is 0 Å². The average Bonchev–Trinajstić information content (AvgIpc) is 3.12. The van der Waals surface area contributed by atoms with Crippen LogP contribution < -0.4 is 0 Å². The van der Waals surface area contributed by atoms with Gasteiger partial charge in [0.05, 0.1) is 35.7 Å². The number of para-hydroxylation sites is 1. The zero-order chi connectivity index (χ0) is 20.1. The molecule has 1 saturated heterocycles.